The first-order valence-corrected chi connectivity index (χ1v) is 9.67. The van der Waals surface area contributed by atoms with Crippen LogP contribution in [0.5, 0.6) is 5.75 Å². The summed E-state index contributed by atoms with van der Waals surface area (Å²) in [5.41, 5.74) is 0.316. The smallest absolute Gasteiger partial charge is 0.406 e. The van der Waals surface area contributed by atoms with Gasteiger partial charge in [-0.15, -0.1) is 13.2 Å². The van der Waals surface area contributed by atoms with E-state index in [1.54, 1.807) is 4.90 Å². The standard InChI is InChI=1S/C21H20F3N5O2/c1-15-25-18(27-8-2-3-9-27)14-19(26-15)28-10-12-29(13-11-28)20(30)16-4-6-17(7-5-16)31-21(22,23)24/h2-9,14H,10-13H2,1H3. The van der Waals surface area contributed by atoms with Gasteiger partial charge in [0.05, 0.1) is 0 Å². The second kappa shape index (κ2) is 8.29. The Labute approximate surface area is 176 Å². The zero-order valence-corrected chi connectivity index (χ0v) is 16.7. The summed E-state index contributed by atoms with van der Waals surface area (Å²) in [6, 6.07) is 10.7. The summed E-state index contributed by atoms with van der Waals surface area (Å²) >= 11 is 0. The molecule has 1 fully saturated rings. The number of alkyl halides is 3. The maximum atomic E-state index is 12.7. The number of amides is 1. The zero-order valence-electron chi connectivity index (χ0n) is 16.7. The molecule has 4 rings (SSSR count). The molecule has 0 bridgehead atoms. The molecule has 0 spiro atoms. The van der Waals surface area contributed by atoms with Crippen molar-refractivity contribution in [3.63, 3.8) is 0 Å². The van der Waals surface area contributed by atoms with Gasteiger partial charge in [0.1, 0.15) is 23.2 Å². The van der Waals surface area contributed by atoms with E-state index in [1.807, 2.05) is 42.1 Å². The van der Waals surface area contributed by atoms with Gasteiger partial charge in [-0.1, -0.05) is 0 Å². The molecule has 31 heavy (non-hydrogen) atoms. The minimum Gasteiger partial charge on any atom is -0.406 e. The molecular weight excluding hydrogens is 411 g/mol. The first kappa shape index (κ1) is 20.7. The third kappa shape index (κ3) is 4.96. The maximum Gasteiger partial charge on any atom is 0.573 e. The van der Waals surface area contributed by atoms with Gasteiger partial charge in [0.15, 0.2) is 0 Å². The lowest BCUT2D eigenvalue weighted by atomic mass is 10.1. The molecule has 0 saturated carbocycles. The van der Waals surface area contributed by atoms with Crippen LogP contribution in [-0.2, 0) is 0 Å². The molecule has 1 aromatic carbocycles. The number of aromatic nitrogens is 3. The van der Waals surface area contributed by atoms with E-state index >= 15 is 0 Å². The van der Waals surface area contributed by atoms with E-state index in [0.29, 0.717) is 37.6 Å². The second-order valence-corrected chi connectivity index (χ2v) is 7.07. The topological polar surface area (TPSA) is 63.5 Å². The zero-order chi connectivity index (χ0) is 22.0. The highest BCUT2D eigenvalue weighted by Crippen LogP contribution is 2.24. The fraction of sp³-hybridized carbons (Fsp3) is 0.286. The van der Waals surface area contributed by atoms with Gasteiger partial charge in [-0.2, -0.15) is 0 Å². The Morgan fingerprint density at radius 3 is 2.19 bits per heavy atom. The molecule has 3 aromatic rings. The average Bonchev–Trinajstić information content (AvgIpc) is 3.27. The quantitative estimate of drug-likeness (QED) is 0.633. The van der Waals surface area contributed by atoms with E-state index in [4.69, 9.17) is 0 Å². The lowest BCUT2D eigenvalue weighted by Crippen LogP contribution is -2.49. The van der Waals surface area contributed by atoms with E-state index in [1.165, 1.54) is 12.1 Å². The Bertz CT molecular complexity index is 1040. The predicted molar refractivity (Wildman–Crippen MR) is 107 cm³/mol. The first-order chi connectivity index (χ1) is 14.8. The van der Waals surface area contributed by atoms with Crippen LogP contribution < -0.4 is 9.64 Å². The third-order valence-electron chi connectivity index (χ3n) is 4.91. The number of benzene rings is 1. The lowest BCUT2D eigenvalue weighted by molar-refractivity contribution is -0.274. The Morgan fingerprint density at radius 1 is 0.968 bits per heavy atom. The lowest BCUT2D eigenvalue weighted by Gasteiger charge is -2.35. The number of hydrogen-bond donors (Lipinski definition) is 0. The van der Waals surface area contributed by atoms with Gasteiger partial charge in [0.25, 0.3) is 5.91 Å². The minimum absolute atomic E-state index is 0.231. The molecule has 3 heterocycles. The molecule has 0 aliphatic carbocycles. The van der Waals surface area contributed by atoms with Crippen molar-refractivity contribution in [2.75, 3.05) is 31.1 Å². The van der Waals surface area contributed by atoms with Crippen molar-refractivity contribution < 1.29 is 22.7 Å². The van der Waals surface area contributed by atoms with Crippen LogP contribution in [0.4, 0.5) is 19.0 Å². The summed E-state index contributed by atoms with van der Waals surface area (Å²) in [6.45, 7) is 3.96. The van der Waals surface area contributed by atoms with Gasteiger partial charge < -0.3 is 19.1 Å². The molecule has 10 heteroatoms. The highest BCUT2D eigenvalue weighted by molar-refractivity contribution is 5.94. The van der Waals surface area contributed by atoms with Crippen LogP contribution in [0, 0.1) is 6.92 Å². The van der Waals surface area contributed by atoms with Crippen molar-refractivity contribution in [3.05, 3.63) is 66.2 Å². The molecule has 1 aliphatic heterocycles. The Balaban J connectivity index is 1.40. The fourth-order valence-electron chi connectivity index (χ4n) is 3.44. The molecule has 162 valence electrons. The molecule has 1 saturated heterocycles. The van der Waals surface area contributed by atoms with Crippen LogP contribution in [0.15, 0.2) is 54.9 Å². The third-order valence-corrected chi connectivity index (χ3v) is 4.91. The van der Waals surface area contributed by atoms with E-state index < -0.39 is 6.36 Å². The van der Waals surface area contributed by atoms with Crippen molar-refractivity contribution >= 4 is 11.7 Å². The average molecular weight is 431 g/mol. The summed E-state index contributed by atoms with van der Waals surface area (Å²) in [5, 5.41) is 0. The van der Waals surface area contributed by atoms with E-state index in [-0.39, 0.29) is 11.7 Å². The predicted octanol–water partition coefficient (Wildman–Crippen LogP) is 3.44. The highest BCUT2D eigenvalue weighted by Gasteiger charge is 2.31. The van der Waals surface area contributed by atoms with Crippen LogP contribution in [-0.4, -0.2) is 57.9 Å². The fourth-order valence-corrected chi connectivity index (χ4v) is 3.44. The van der Waals surface area contributed by atoms with Crippen LogP contribution in [0.1, 0.15) is 16.2 Å². The summed E-state index contributed by atoms with van der Waals surface area (Å²) < 4.78 is 42.6. The first-order valence-electron chi connectivity index (χ1n) is 9.67. The number of ether oxygens (including phenoxy) is 1. The van der Waals surface area contributed by atoms with Crippen LogP contribution in [0.2, 0.25) is 0 Å². The number of piperazine rings is 1. The maximum absolute atomic E-state index is 12.7. The molecule has 1 aliphatic rings. The monoisotopic (exact) mass is 431 g/mol. The summed E-state index contributed by atoms with van der Waals surface area (Å²) in [6.07, 6.45) is -0.942. The van der Waals surface area contributed by atoms with Crippen molar-refractivity contribution in [2.24, 2.45) is 0 Å². The number of carbonyl (C=O) groups is 1. The number of aryl methyl sites for hydroxylation is 1. The van der Waals surface area contributed by atoms with Crippen molar-refractivity contribution in [3.8, 4) is 11.6 Å². The van der Waals surface area contributed by atoms with E-state index in [2.05, 4.69) is 19.6 Å². The summed E-state index contributed by atoms with van der Waals surface area (Å²) in [4.78, 5) is 25.5. The van der Waals surface area contributed by atoms with Crippen molar-refractivity contribution in [2.45, 2.75) is 13.3 Å². The van der Waals surface area contributed by atoms with E-state index in [9.17, 15) is 18.0 Å². The number of anilines is 1. The van der Waals surface area contributed by atoms with Crippen LogP contribution in [0.25, 0.3) is 5.82 Å². The number of rotatable bonds is 4. The van der Waals surface area contributed by atoms with Crippen LogP contribution >= 0.6 is 0 Å². The van der Waals surface area contributed by atoms with Gasteiger partial charge in [-0.25, -0.2) is 9.97 Å². The van der Waals surface area contributed by atoms with Crippen LogP contribution in [0.3, 0.4) is 0 Å². The highest BCUT2D eigenvalue weighted by atomic mass is 19.4. The molecule has 7 nitrogen and oxygen atoms in total. The van der Waals surface area contributed by atoms with Gasteiger partial charge in [0.2, 0.25) is 0 Å². The Hall–Kier alpha value is -3.56. The Morgan fingerprint density at radius 2 is 1.58 bits per heavy atom. The molecule has 2 aromatic heterocycles. The van der Waals surface area contributed by atoms with Crippen molar-refractivity contribution in [1.29, 1.82) is 0 Å². The summed E-state index contributed by atoms with van der Waals surface area (Å²) in [7, 11) is 0. The SMILES string of the molecule is Cc1nc(N2CCN(C(=O)c3ccc(OC(F)(F)F)cc3)CC2)cc(-n2cccc2)n1. The molecule has 0 radical (unpaired) electrons. The molecule has 0 atom stereocenters. The molecule has 1 amide bonds. The number of carbonyl (C=O) groups excluding carboxylic acids is 1. The number of nitrogens with zero attached hydrogens (tertiary/aromatic N) is 5. The molecule has 0 N–H and O–H groups in total. The minimum atomic E-state index is -4.76. The Kier molecular flexibility index (Phi) is 5.53. The normalized spacial score (nSPS) is 14.6. The van der Waals surface area contributed by atoms with E-state index in [0.717, 1.165) is 23.8 Å². The van der Waals surface area contributed by atoms with Gasteiger partial charge in [-0.3, -0.25) is 4.79 Å². The van der Waals surface area contributed by atoms with Crippen molar-refractivity contribution in [1.82, 2.24) is 19.4 Å². The molecule has 0 unspecified atom stereocenters. The second-order valence-electron chi connectivity index (χ2n) is 7.07. The summed E-state index contributed by atoms with van der Waals surface area (Å²) in [5.74, 6) is 1.63. The van der Waals surface area contributed by atoms with Gasteiger partial charge >= 0.3 is 6.36 Å². The van der Waals surface area contributed by atoms with Gasteiger partial charge in [0, 0.05) is 50.2 Å². The largest absolute Gasteiger partial charge is 0.573 e. The number of halogens is 3. The molecular formula is C21H20F3N5O2. The van der Waals surface area contributed by atoms with Gasteiger partial charge in [-0.05, 0) is 43.3 Å². The number of hydrogen-bond acceptors (Lipinski definition) is 5.